The summed E-state index contributed by atoms with van der Waals surface area (Å²) in [6, 6.07) is 16.6. The number of pyridine rings is 1. The molecule has 1 aliphatic rings. The molecule has 3 N–H and O–H groups in total. The van der Waals surface area contributed by atoms with E-state index in [4.69, 9.17) is 10.5 Å². The second kappa shape index (κ2) is 12.3. The second-order valence-electron chi connectivity index (χ2n) is 10.2. The molecule has 0 radical (unpaired) electrons. The number of likely N-dealkylation sites (tertiary alicyclic amines) is 1. The molecule has 6 heteroatoms. The molecule has 192 valence electrons. The van der Waals surface area contributed by atoms with Gasteiger partial charge in [0.1, 0.15) is 5.75 Å². The molecule has 1 saturated heterocycles. The fraction of sp³-hybridized carbons (Fsp3) is 0.467. The minimum absolute atomic E-state index is 0.134. The number of carboxylic acids is 1. The van der Waals surface area contributed by atoms with Gasteiger partial charge >= 0.3 is 5.97 Å². The SMILES string of the molecule is COc1ccc2ncc(CN)c(CCCC3(CC(=O)O)CCN(CCCc4ccccc4)CC3)c2c1. The lowest BCUT2D eigenvalue weighted by Gasteiger charge is -2.41. The summed E-state index contributed by atoms with van der Waals surface area (Å²) in [5.74, 6) is 0.121. The Bertz CT molecular complexity index is 1140. The van der Waals surface area contributed by atoms with Crippen LogP contribution in [0, 0.1) is 5.41 Å². The zero-order valence-corrected chi connectivity index (χ0v) is 21.4. The normalized spacial score (nSPS) is 15.7. The van der Waals surface area contributed by atoms with E-state index in [0.29, 0.717) is 6.54 Å². The topological polar surface area (TPSA) is 88.7 Å². The van der Waals surface area contributed by atoms with Crippen molar-refractivity contribution in [2.24, 2.45) is 11.1 Å². The molecule has 1 aromatic heterocycles. The maximum absolute atomic E-state index is 11.8. The number of carbonyl (C=O) groups is 1. The van der Waals surface area contributed by atoms with Crippen molar-refractivity contribution in [2.75, 3.05) is 26.7 Å². The highest BCUT2D eigenvalue weighted by Gasteiger charge is 2.36. The summed E-state index contributed by atoms with van der Waals surface area (Å²) in [6.07, 6.45) is 8.95. The van der Waals surface area contributed by atoms with Gasteiger partial charge in [-0.2, -0.15) is 0 Å². The lowest BCUT2D eigenvalue weighted by atomic mass is 9.71. The van der Waals surface area contributed by atoms with Gasteiger partial charge in [0.25, 0.3) is 0 Å². The molecule has 3 aromatic rings. The van der Waals surface area contributed by atoms with Crippen molar-refractivity contribution < 1.29 is 14.6 Å². The molecule has 0 amide bonds. The van der Waals surface area contributed by atoms with Crippen LogP contribution in [0.25, 0.3) is 10.9 Å². The van der Waals surface area contributed by atoms with E-state index in [2.05, 4.69) is 40.2 Å². The number of benzene rings is 2. The van der Waals surface area contributed by atoms with Gasteiger partial charge in [-0.1, -0.05) is 30.3 Å². The monoisotopic (exact) mass is 489 g/mol. The third-order valence-corrected chi connectivity index (χ3v) is 7.86. The van der Waals surface area contributed by atoms with E-state index in [1.807, 2.05) is 24.4 Å². The molecule has 0 atom stereocenters. The van der Waals surface area contributed by atoms with Gasteiger partial charge in [0, 0.05) is 18.1 Å². The van der Waals surface area contributed by atoms with Gasteiger partial charge in [0.15, 0.2) is 0 Å². The number of piperidine rings is 1. The number of methoxy groups -OCH3 is 1. The average molecular weight is 490 g/mol. The van der Waals surface area contributed by atoms with Crippen LogP contribution in [0.5, 0.6) is 5.75 Å². The van der Waals surface area contributed by atoms with Crippen LogP contribution < -0.4 is 10.5 Å². The molecule has 0 unspecified atom stereocenters. The van der Waals surface area contributed by atoms with Gasteiger partial charge < -0.3 is 20.5 Å². The Balaban J connectivity index is 1.37. The largest absolute Gasteiger partial charge is 0.497 e. The number of fused-ring (bicyclic) bond motifs is 1. The molecular weight excluding hydrogens is 450 g/mol. The third kappa shape index (κ3) is 6.62. The van der Waals surface area contributed by atoms with Gasteiger partial charge in [-0.05, 0) is 105 Å². The van der Waals surface area contributed by atoms with Crippen molar-refractivity contribution in [3.05, 3.63) is 71.4 Å². The smallest absolute Gasteiger partial charge is 0.303 e. The first-order valence-corrected chi connectivity index (χ1v) is 13.1. The van der Waals surface area contributed by atoms with Gasteiger partial charge in [0.2, 0.25) is 0 Å². The van der Waals surface area contributed by atoms with Gasteiger partial charge in [0.05, 0.1) is 19.0 Å². The molecule has 0 bridgehead atoms. The summed E-state index contributed by atoms with van der Waals surface area (Å²) in [5, 5.41) is 10.8. The first-order valence-electron chi connectivity index (χ1n) is 13.1. The molecule has 2 heterocycles. The first-order chi connectivity index (χ1) is 17.5. The van der Waals surface area contributed by atoms with Crippen LogP contribution >= 0.6 is 0 Å². The Kier molecular flexibility index (Phi) is 8.94. The summed E-state index contributed by atoms with van der Waals surface area (Å²) in [4.78, 5) is 18.9. The number of ether oxygens (including phenoxy) is 1. The van der Waals surface area contributed by atoms with Crippen LogP contribution in [0.3, 0.4) is 0 Å². The summed E-state index contributed by atoms with van der Waals surface area (Å²) < 4.78 is 5.44. The molecule has 1 aliphatic heterocycles. The minimum Gasteiger partial charge on any atom is -0.497 e. The van der Waals surface area contributed by atoms with E-state index in [1.54, 1.807) is 7.11 Å². The predicted octanol–water partition coefficient (Wildman–Crippen LogP) is 5.21. The van der Waals surface area contributed by atoms with Gasteiger partial charge in [-0.3, -0.25) is 9.78 Å². The Morgan fingerprint density at radius 2 is 1.89 bits per heavy atom. The molecule has 6 nitrogen and oxygen atoms in total. The summed E-state index contributed by atoms with van der Waals surface area (Å²) in [7, 11) is 1.67. The minimum atomic E-state index is -0.686. The standard InChI is InChI=1S/C30H39N3O3/c1-36-25-11-12-28-27(19-25)26(24(21-31)22-32-28)10-5-13-30(20-29(34)35)14-17-33(18-15-30)16-6-9-23-7-3-2-4-8-23/h2-4,7-8,11-12,19,22H,5-6,9-10,13-18,20-21,31H2,1H3,(H,34,35). The third-order valence-electron chi connectivity index (χ3n) is 7.86. The van der Waals surface area contributed by atoms with Crippen molar-refractivity contribution in [2.45, 2.75) is 57.9 Å². The maximum Gasteiger partial charge on any atom is 0.303 e. The quantitative estimate of drug-likeness (QED) is 0.363. The zero-order chi connectivity index (χ0) is 25.4. The van der Waals surface area contributed by atoms with Crippen molar-refractivity contribution in [1.29, 1.82) is 0 Å². The van der Waals surface area contributed by atoms with Crippen LogP contribution in [0.2, 0.25) is 0 Å². The number of hydrogen-bond acceptors (Lipinski definition) is 5. The predicted molar refractivity (Wildman–Crippen MR) is 144 cm³/mol. The fourth-order valence-electron chi connectivity index (χ4n) is 5.74. The highest BCUT2D eigenvalue weighted by Crippen LogP contribution is 2.40. The molecule has 2 aromatic carbocycles. The van der Waals surface area contributed by atoms with Gasteiger partial charge in [-0.15, -0.1) is 0 Å². The number of rotatable bonds is 12. The molecule has 0 aliphatic carbocycles. The summed E-state index contributed by atoms with van der Waals surface area (Å²) in [5.41, 5.74) is 10.5. The number of nitrogens with two attached hydrogens (primary N) is 1. The maximum atomic E-state index is 11.8. The molecule has 4 rings (SSSR count). The van der Waals surface area contributed by atoms with E-state index >= 15 is 0 Å². The molecule has 0 spiro atoms. The number of hydrogen-bond donors (Lipinski definition) is 2. The average Bonchev–Trinajstić information content (AvgIpc) is 2.90. The van der Waals surface area contributed by atoms with Crippen LogP contribution in [-0.4, -0.2) is 47.7 Å². The lowest BCUT2D eigenvalue weighted by molar-refractivity contribution is -0.140. The highest BCUT2D eigenvalue weighted by molar-refractivity contribution is 5.84. The van der Waals surface area contributed by atoms with Crippen LogP contribution in [0.15, 0.2) is 54.7 Å². The number of nitrogens with zero attached hydrogens (tertiary/aromatic N) is 2. The van der Waals surface area contributed by atoms with E-state index in [9.17, 15) is 9.90 Å². The number of aryl methyl sites for hydroxylation is 2. The molecular formula is C30H39N3O3. The fourth-order valence-corrected chi connectivity index (χ4v) is 5.74. The van der Waals surface area contributed by atoms with Crippen LogP contribution in [0.4, 0.5) is 0 Å². The molecule has 36 heavy (non-hydrogen) atoms. The van der Waals surface area contributed by atoms with Gasteiger partial charge in [-0.25, -0.2) is 0 Å². The van der Waals surface area contributed by atoms with E-state index in [1.165, 1.54) is 11.1 Å². The molecule has 1 fully saturated rings. The second-order valence-corrected chi connectivity index (χ2v) is 10.2. The lowest BCUT2D eigenvalue weighted by Crippen LogP contribution is -2.41. The van der Waals surface area contributed by atoms with Crippen LogP contribution in [-0.2, 0) is 24.2 Å². The number of aliphatic carboxylic acids is 1. The Hall–Kier alpha value is -2.96. The van der Waals surface area contributed by atoms with E-state index in [0.717, 1.165) is 86.8 Å². The van der Waals surface area contributed by atoms with Crippen molar-refractivity contribution in [1.82, 2.24) is 9.88 Å². The zero-order valence-electron chi connectivity index (χ0n) is 21.4. The van der Waals surface area contributed by atoms with Crippen molar-refractivity contribution in [3.63, 3.8) is 0 Å². The Morgan fingerprint density at radius 3 is 2.58 bits per heavy atom. The van der Waals surface area contributed by atoms with E-state index < -0.39 is 5.97 Å². The summed E-state index contributed by atoms with van der Waals surface area (Å²) >= 11 is 0. The Morgan fingerprint density at radius 1 is 1.11 bits per heavy atom. The molecule has 0 saturated carbocycles. The van der Waals surface area contributed by atoms with Crippen molar-refractivity contribution >= 4 is 16.9 Å². The Labute approximate surface area is 214 Å². The van der Waals surface area contributed by atoms with Crippen molar-refractivity contribution in [3.8, 4) is 5.75 Å². The number of aromatic nitrogens is 1. The first kappa shape index (κ1) is 26.1. The van der Waals surface area contributed by atoms with E-state index in [-0.39, 0.29) is 11.8 Å². The van der Waals surface area contributed by atoms with Crippen LogP contribution in [0.1, 0.15) is 55.2 Å². The number of carboxylic acid groups (broad SMARTS) is 1. The summed E-state index contributed by atoms with van der Waals surface area (Å²) in [6.45, 7) is 3.47. The highest BCUT2D eigenvalue weighted by atomic mass is 16.5.